The Bertz CT molecular complexity index is 275. The first-order valence-corrected chi connectivity index (χ1v) is 8.35. The van der Waals surface area contributed by atoms with Gasteiger partial charge in [-0.25, -0.2) is 0 Å². The van der Waals surface area contributed by atoms with Gasteiger partial charge in [-0.2, -0.15) is 0 Å². The van der Waals surface area contributed by atoms with Gasteiger partial charge in [0.15, 0.2) is 0 Å². The Kier molecular flexibility index (Phi) is 4.61. The summed E-state index contributed by atoms with van der Waals surface area (Å²) in [5.74, 6) is 1.76. The summed E-state index contributed by atoms with van der Waals surface area (Å²) in [5.41, 5.74) is 0.0629. The molecule has 0 aromatic rings. The van der Waals surface area contributed by atoms with Crippen LogP contribution in [-0.4, -0.2) is 40.0 Å². The number of hydrogen-bond donors (Lipinski definition) is 1. The topological polar surface area (TPSA) is 38.3 Å². The third-order valence-electron chi connectivity index (χ3n) is 4.20. The van der Waals surface area contributed by atoms with E-state index in [4.69, 9.17) is 4.74 Å². The highest BCUT2D eigenvalue weighted by Gasteiger charge is 2.32. The molecule has 0 radical (unpaired) electrons. The number of rotatable bonds is 3. The molecule has 2 unspecified atom stereocenters. The van der Waals surface area contributed by atoms with E-state index >= 15 is 0 Å². The lowest BCUT2D eigenvalue weighted by Crippen LogP contribution is -2.49. The Morgan fingerprint density at radius 1 is 1.29 bits per heavy atom. The van der Waals surface area contributed by atoms with E-state index < -0.39 is 10.8 Å². The molecule has 0 spiro atoms. The lowest BCUT2D eigenvalue weighted by Gasteiger charge is -2.40. The molecule has 17 heavy (non-hydrogen) atoms. The summed E-state index contributed by atoms with van der Waals surface area (Å²) < 4.78 is 17.2. The van der Waals surface area contributed by atoms with Crippen molar-refractivity contribution in [3.8, 4) is 0 Å². The molecule has 3 nitrogen and oxygen atoms in total. The van der Waals surface area contributed by atoms with Crippen molar-refractivity contribution in [3.63, 3.8) is 0 Å². The Morgan fingerprint density at radius 3 is 2.65 bits per heavy atom. The first-order chi connectivity index (χ1) is 8.11. The quantitative estimate of drug-likeness (QED) is 0.840. The molecule has 2 atom stereocenters. The second-order valence-electron chi connectivity index (χ2n) is 5.63. The van der Waals surface area contributed by atoms with Gasteiger partial charge in [0.2, 0.25) is 0 Å². The number of nitrogens with one attached hydrogen (secondary N) is 1. The van der Waals surface area contributed by atoms with Crippen molar-refractivity contribution in [2.45, 2.75) is 63.6 Å². The van der Waals surface area contributed by atoms with Crippen LogP contribution in [0.25, 0.3) is 0 Å². The van der Waals surface area contributed by atoms with Crippen LogP contribution in [0, 0.1) is 0 Å². The predicted molar refractivity (Wildman–Crippen MR) is 71.7 cm³/mol. The highest BCUT2D eigenvalue weighted by atomic mass is 32.2. The predicted octanol–water partition coefficient (Wildman–Crippen LogP) is 1.83. The van der Waals surface area contributed by atoms with Crippen LogP contribution < -0.4 is 5.32 Å². The minimum absolute atomic E-state index is 0.0629. The van der Waals surface area contributed by atoms with Crippen LogP contribution >= 0.6 is 0 Å². The summed E-state index contributed by atoms with van der Waals surface area (Å²) in [6.45, 7) is 5.30. The molecule has 2 rings (SSSR count). The molecule has 0 amide bonds. The largest absolute Gasteiger partial charge is 0.375 e. The van der Waals surface area contributed by atoms with E-state index in [1.54, 1.807) is 0 Å². The van der Waals surface area contributed by atoms with E-state index in [0.29, 0.717) is 12.1 Å². The third-order valence-corrected chi connectivity index (χ3v) is 5.58. The first kappa shape index (κ1) is 13.5. The van der Waals surface area contributed by atoms with Gasteiger partial charge < -0.3 is 10.1 Å². The van der Waals surface area contributed by atoms with Crippen molar-refractivity contribution < 1.29 is 8.95 Å². The summed E-state index contributed by atoms with van der Waals surface area (Å²) in [6.07, 6.45) is 5.47. The second kappa shape index (κ2) is 5.81. The van der Waals surface area contributed by atoms with Crippen molar-refractivity contribution >= 4 is 10.8 Å². The van der Waals surface area contributed by atoms with Gasteiger partial charge in [-0.1, -0.05) is 6.92 Å². The van der Waals surface area contributed by atoms with Gasteiger partial charge in [0, 0.05) is 41.0 Å². The lowest BCUT2D eigenvalue weighted by molar-refractivity contribution is -0.0792. The van der Waals surface area contributed by atoms with Crippen LogP contribution in [-0.2, 0) is 15.5 Å². The summed E-state index contributed by atoms with van der Waals surface area (Å²) in [5, 5.41) is 3.75. The van der Waals surface area contributed by atoms with E-state index in [0.717, 1.165) is 50.2 Å². The summed E-state index contributed by atoms with van der Waals surface area (Å²) in [7, 11) is -0.549. The molecule has 2 saturated heterocycles. The fourth-order valence-electron chi connectivity index (χ4n) is 2.81. The zero-order chi connectivity index (χ0) is 12.3. The van der Waals surface area contributed by atoms with Crippen LogP contribution in [0.15, 0.2) is 0 Å². The standard InChI is InChI=1S/C13H25NO2S/c1-3-13(2)10-12(4-7-16-13)14-11-5-8-17(15)9-6-11/h11-12,14H,3-10H2,1-2H3. The third kappa shape index (κ3) is 3.76. The summed E-state index contributed by atoms with van der Waals surface area (Å²) in [4.78, 5) is 0. The fourth-order valence-corrected chi connectivity index (χ4v) is 4.11. The Balaban J connectivity index is 1.80. The molecular formula is C13H25NO2S. The molecule has 1 N–H and O–H groups in total. The Hall–Kier alpha value is 0.0700. The van der Waals surface area contributed by atoms with Crippen LogP contribution in [0.5, 0.6) is 0 Å². The van der Waals surface area contributed by atoms with E-state index in [9.17, 15) is 4.21 Å². The maximum atomic E-state index is 11.3. The molecule has 0 aromatic carbocycles. The molecule has 4 heteroatoms. The molecule has 2 aliphatic heterocycles. The molecular weight excluding hydrogens is 234 g/mol. The minimum Gasteiger partial charge on any atom is -0.375 e. The maximum absolute atomic E-state index is 11.3. The van der Waals surface area contributed by atoms with Gasteiger partial charge in [-0.3, -0.25) is 4.21 Å². The van der Waals surface area contributed by atoms with Gasteiger partial charge in [-0.15, -0.1) is 0 Å². The second-order valence-corrected chi connectivity index (χ2v) is 7.33. The molecule has 0 aromatic heterocycles. The van der Waals surface area contributed by atoms with Crippen molar-refractivity contribution in [1.82, 2.24) is 5.32 Å². The molecule has 2 aliphatic rings. The fraction of sp³-hybridized carbons (Fsp3) is 1.00. The van der Waals surface area contributed by atoms with Gasteiger partial charge in [0.25, 0.3) is 0 Å². The lowest BCUT2D eigenvalue weighted by atomic mass is 9.89. The van der Waals surface area contributed by atoms with Gasteiger partial charge in [0.1, 0.15) is 0 Å². The van der Waals surface area contributed by atoms with Gasteiger partial charge in [-0.05, 0) is 39.0 Å². The maximum Gasteiger partial charge on any atom is 0.0666 e. The molecule has 0 aliphatic carbocycles. The van der Waals surface area contributed by atoms with Crippen molar-refractivity contribution in [2.75, 3.05) is 18.1 Å². The zero-order valence-corrected chi connectivity index (χ0v) is 11.9. The Morgan fingerprint density at radius 2 is 2.00 bits per heavy atom. The highest BCUT2D eigenvalue weighted by Crippen LogP contribution is 2.28. The van der Waals surface area contributed by atoms with Crippen LogP contribution in [0.3, 0.4) is 0 Å². The van der Waals surface area contributed by atoms with Crippen LogP contribution in [0.1, 0.15) is 46.0 Å². The number of ether oxygens (including phenoxy) is 1. The van der Waals surface area contributed by atoms with Gasteiger partial charge in [0.05, 0.1) is 5.60 Å². The smallest absolute Gasteiger partial charge is 0.0666 e. The average Bonchev–Trinajstić information content (AvgIpc) is 2.32. The molecule has 100 valence electrons. The van der Waals surface area contributed by atoms with E-state index in [1.807, 2.05) is 0 Å². The van der Waals surface area contributed by atoms with E-state index in [2.05, 4.69) is 19.2 Å². The van der Waals surface area contributed by atoms with Gasteiger partial charge >= 0.3 is 0 Å². The van der Waals surface area contributed by atoms with E-state index in [1.165, 1.54) is 0 Å². The van der Waals surface area contributed by atoms with Crippen LogP contribution in [0.4, 0.5) is 0 Å². The minimum atomic E-state index is -0.549. The van der Waals surface area contributed by atoms with Crippen molar-refractivity contribution in [3.05, 3.63) is 0 Å². The monoisotopic (exact) mass is 259 g/mol. The first-order valence-electron chi connectivity index (χ1n) is 6.86. The molecule has 0 bridgehead atoms. The highest BCUT2D eigenvalue weighted by molar-refractivity contribution is 7.85. The molecule has 2 fully saturated rings. The SMILES string of the molecule is CCC1(C)CC(NC2CCS(=O)CC2)CCO1. The normalized spacial score (nSPS) is 43.5. The zero-order valence-electron chi connectivity index (χ0n) is 11.0. The Labute approximate surface area is 107 Å². The average molecular weight is 259 g/mol. The number of hydrogen-bond acceptors (Lipinski definition) is 3. The molecule has 0 saturated carbocycles. The summed E-state index contributed by atoms with van der Waals surface area (Å²) in [6, 6.07) is 1.17. The van der Waals surface area contributed by atoms with Crippen LogP contribution in [0.2, 0.25) is 0 Å². The van der Waals surface area contributed by atoms with Crippen molar-refractivity contribution in [2.24, 2.45) is 0 Å². The van der Waals surface area contributed by atoms with Crippen molar-refractivity contribution in [1.29, 1.82) is 0 Å². The molecule has 2 heterocycles. The summed E-state index contributed by atoms with van der Waals surface area (Å²) >= 11 is 0. The van der Waals surface area contributed by atoms with E-state index in [-0.39, 0.29) is 5.60 Å².